The molecule has 2 heterocycles. The summed E-state index contributed by atoms with van der Waals surface area (Å²) < 4.78 is 1.76. The number of nitrogens with one attached hydrogen (secondary N) is 1. The van der Waals surface area contributed by atoms with Crippen LogP contribution in [-0.2, 0) is 11.3 Å². The normalized spacial score (nSPS) is 12.0. The van der Waals surface area contributed by atoms with E-state index in [0.717, 1.165) is 5.56 Å². The highest BCUT2D eigenvalue weighted by atomic mass is 35.5. The van der Waals surface area contributed by atoms with Gasteiger partial charge in [0, 0.05) is 28.6 Å². The third-order valence-electron chi connectivity index (χ3n) is 3.73. The zero-order valence-corrected chi connectivity index (χ0v) is 15.0. The number of carbonyl (C=O) groups excluding carboxylic acids is 1. The van der Waals surface area contributed by atoms with Gasteiger partial charge in [0.1, 0.15) is 12.2 Å². The molecule has 5 nitrogen and oxygen atoms in total. The number of carbonyl (C=O) groups is 1. The zero-order valence-electron chi connectivity index (χ0n) is 13.5. The Morgan fingerprint density at radius 2 is 2.04 bits per heavy atom. The summed E-state index contributed by atoms with van der Waals surface area (Å²) in [7, 11) is 0. The van der Waals surface area contributed by atoms with Crippen LogP contribution in [0.3, 0.4) is 0 Å². The molecule has 0 saturated heterocycles. The van der Waals surface area contributed by atoms with Crippen molar-refractivity contribution in [2.75, 3.05) is 0 Å². The quantitative estimate of drug-likeness (QED) is 0.730. The van der Waals surface area contributed by atoms with E-state index in [4.69, 9.17) is 23.2 Å². The highest BCUT2D eigenvalue weighted by Gasteiger charge is 2.15. The fraction of sp³-hybridized carbons (Fsp3) is 0.167. The molecular weight excluding hydrogens is 359 g/mol. The summed E-state index contributed by atoms with van der Waals surface area (Å²) in [5, 5.41) is 4.02. The largest absolute Gasteiger partial charge is 0.348 e. The Morgan fingerprint density at radius 3 is 2.76 bits per heavy atom. The van der Waals surface area contributed by atoms with E-state index in [1.807, 2.05) is 31.2 Å². The van der Waals surface area contributed by atoms with Crippen molar-refractivity contribution in [2.45, 2.75) is 19.5 Å². The molecule has 1 N–H and O–H groups in total. The van der Waals surface area contributed by atoms with Gasteiger partial charge in [-0.05, 0) is 36.8 Å². The second-order valence-electron chi connectivity index (χ2n) is 5.55. The van der Waals surface area contributed by atoms with Gasteiger partial charge in [0.05, 0.1) is 6.04 Å². The molecule has 3 rings (SSSR count). The van der Waals surface area contributed by atoms with Gasteiger partial charge in [-0.1, -0.05) is 35.3 Å². The molecule has 0 unspecified atom stereocenters. The predicted molar refractivity (Wildman–Crippen MR) is 98.5 cm³/mol. The molecule has 0 aliphatic rings. The average Bonchev–Trinajstić information content (AvgIpc) is 3.03. The Labute approximate surface area is 155 Å². The predicted octanol–water partition coefficient (Wildman–Crippen LogP) is 4.13. The number of hydrogen-bond donors (Lipinski definition) is 1. The lowest BCUT2D eigenvalue weighted by Crippen LogP contribution is -2.30. The Balaban J connectivity index is 1.70. The van der Waals surface area contributed by atoms with E-state index in [0.29, 0.717) is 21.6 Å². The summed E-state index contributed by atoms with van der Waals surface area (Å²) in [6, 6.07) is 10.6. The molecule has 128 valence electrons. The molecule has 0 aliphatic carbocycles. The van der Waals surface area contributed by atoms with Crippen LogP contribution in [0.1, 0.15) is 18.5 Å². The Bertz CT molecular complexity index is 880. The van der Waals surface area contributed by atoms with Gasteiger partial charge in [-0.3, -0.25) is 9.78 Å². The summed E-state index contributed by atoms with van der Waals surface area (Å²) >= 11 is 12.1. The van der Waals surface area contributed by atoms with Gasteiger partial charge in [0.15, 0.2) is 5.82 Å². The van der Waals surface area contributed by atoms with Gasteiger partial charge >= 0.3 is 0 Å². The van der Waals surface area contributed by atoms with Crippen LogP contribution in [0.4, 0.5) is 0 Å². The first-order valence-electron chi connectivity index (χ1n) is 7.71. The van der Waals surface area contributed by atoms with Gasteiger partial charge < -0.3 is 9.88 Å². The van der Waals surface area contributed by atoms with Gasteiger partial charge in [-0.25, -0.2) is 4.98 Å². The van der Waals surface area contributed by atoms with Crippen LogP contribution < -0.4 is 5.32 Å². The van der Waals surface area contributed by atoms with Gasteiger partial charge in [0.2, 0.25) is 5.91 Å². The third-order valence-corrected chi connectivity index (χ3v) is 4.29. The fourth-order valence-electron chi connectivity index (χ4n) is 2.54. The van der Waals surface area contributed by atoms with E-state index in [9.17, 15) is 4.79 Å². The number of pyridine rings is 1. The standard InChI is InChI=1S/C18H16Cl2N4O/c1-12(14-6-5-13(19)10-15(14)20)23-17(25)11-24-9-8-22-18(24)16-4-2-3-7-21-16/h2-10,12H,11H2,1H3,(H,23,25)/t12-/m1/s1. The maximum absolute atomic E-state index is 12.4. The highest BCUT2D eigenvalue weighted by Crippen LogP contribution is 2.26. The van der Waals surface area contributed by atoms with Crippen LogP contribution in [0.25, 0.3) is 11.5 Å². The Kier molecular flexibility index (Phi) is 5.36. The molecule has 0 bridgehead atoms. The second kappa shape index (κ2) is 7.68. The van der Waals surface area contributed by atoms with Crippen molar-refractivity contribution in [3.05, 3.63) is 70.6 Å². The van der Waals surface area contributed by atoms with Crippen LogP contribution in [0.5, 0.6) is 0 Å². The molecule has 25 heavy (non-hydrogen) atoms. The van der Waals surface area contributed by atoms with E-state index in [1.165, 1.54) is 0 Å². The maximum atomic E-state index is 12.4. The smallest absolute Gasteiger partial charge is 0.240 e. The third kappa shape index (κ3) is 4.18. The van der Waals surface area contributed by atoms with Crippen LogP contribution in [-0.4, -0.2) is 20.4 Å². The topological polar surface area (TPSA) is 59.8 Å². The number of benzene rings is 1. The molecule has 1 atom stereocenters. The summed E-state index contributed by atoms with van der Waals surface area (Å²) in [6.45, 7) is 2.02. The van der Waals surface area contributed by atoms with Gasteiger partial charge in [-0.2, -0.15) is 0 Å². The highest BCUT2D eigenvalue weighted by molar-refractivity contribution is 6.35. The molecule has 0 aliphatic heterocycles. The lowest BCUT2D eigenvalue weighted by Gasteiger charge is -2.16. The summed E-state index contributed by atoms with van der Waals surface area (Å²) in [5.41, 5.74) is 1.53. The molecule has 3 aromatic rings. The zero-order chi connectivity index (χ0) is 17.8. The van der Waals surface area contributed by atoms with Crippen molar-refractivity contribution in [1.29, 1.82) is 0 Å². The van der Waals surface area contributed by atoms with E-state index in [1.54, 1.807) is 35.3 Å². The minimum Gasteiger partial charge on any atom is -0.348 e. The Hall–Kier alpha value is -2.37. The Morgan fingerprint density at radius 1 is 1.20 bits per heavy atom. The first kappa shape index (κ1) is 17.5. The van der Waals surface area contributed by atoms with Crippen LogP contribution in [0.2, 0.25) is 10.0 Å². The van der Waals surface area contributed by atoms with Crippen molar-refractivity contribution < 1.29 is 4.79 Å². The molecule has 1 aromatic carbocycles. The average molecular weight is 375 g/mol. The number of hydrogen-bond acceptors (Lipinski definition) is 3. The summed E-state index contributed by atoms with van der Waals surface area (Å²) in [6.07, 6.45) is 5.10. The minimum atomic E-state index is -0.237. The first-order chi connectivity index (χ1) is 12.0. The SMILES string of the molecule is C[C@@H](NC(=O)Cn1ccnc1-c1ccccn1)c1ccc(Cl)cc1Cl. The number of rotatable bonds is 5. The monoisotopic (exact) mass is 374 g/mol. The van der Waals surface area contributed by atoms with Crippen LogP contribution in [0, 0.1) is 0 Å². The van der Waals surface area contributed by atoms with E-state index < -0.39 is 0 Å². The second-order valence-corrected chi connectivity index (χ2v) is 6.39. The van der Waals surface area contributed by atoms with E-state index >= 15 is 0 Å². The summed E-state index contributed by atoms with van der Waals surface area (Å²) in [5.74, 6) is 0.502. The van der Waals surface area contributed by atoms with Crippen molar-refractivity contribution in [2.24, 2.45) is 0 Å². The molecule has 2 aromatic heterocycles. The van der Waals surface area contributed by atoms with Crippen molar-refractivity contribution >= 4 is 29.1 Å². The van der Waals surface area contributed by atoms with Gasteiger partial charge in [-0.15, -0.1) is 0 Å². The molecule has 0 radical (unpaired) electrons. The van der Waals surface area contributed by atoms with Gasteiger partial charge in [0.25, 0.3) is 0 Å². The number of imidazole rings is 1. The fourth-order valence-corrected chi connectivity index (χ4v) is 3.11. The van der Waals surface area contributed by atoms with E-state index in [-0.39, 0.29) is 18.5 Å². The maximum Gasteiger partial charge on any atom is 0.240 e. The molecule has 1 amide bonds. The first-order valence-corrected chi connectivity index (χ1v) is 8.47. The lowest BCUT2D eigenvalue weighted by atomic mass is 10.1. The molecule has 0 fully saturated rings. The summed E-state index contributed by atoms with van der Waals surface area (Å²) in [4.78, 5) is 21.0. The number of nitrogens with zero attached hydrogens (tertiary/aromatic N) is 3. The van der Waals surface area contributed by atoms with E-state index in [2.05, 4.69) is 15.3 Å². The minimum absolute atomic E-state index is 0.140. The number of aromatic nitrogens is 3. The molecule has 0 spiro atoms. The lowest BCUT2D eigenvalue weighted by molar-refractivity contribution is -0.122. The van der Waals surface area contributed by atoms with Crippen LogP contribution in [0.15, 0.2) is 55.0 Å². The number of amides is 1. The molecular formula is C18H16Cl2N4O. The van der Waals surface area contributed by atoms with Crippen LogP contribution >= 0.6 is 23.2 Å². The molecule has 0 saturated carbocycles. The number of halogens is 2. The molecule has 7 heteroatoms. The van der Waals surface area contributed by atoms with Crippen molar-refractivity contribution in [1.82, 2.24) is 19.9 Å². The van der Waals surface area contributed by atoms with Crippen molar-refractivity contribution in [3.8, 4) is 11.5 Å². The van der Waals surface area contributed by atoms with Crippen molar-refractivity contribution in [3.63, 3.8) is 0 Å².